The van der Waals surface area contributed by atoms with Crippen LogP contribution in [0.15, 0.2) is 0 Å². The molecule has 0 atom stereocenters. The Morgan fingerprint density at radius 2 is 0.800 bits per heavy atom. The van der Waals surface area contributed by atoms with Gasteiger partial charge in [-0.3, -0.25) is 0 Å². The van der Waals surface area contributed by atoms with Gasteiger partial charge in [0, 0.05) is 0 Å². The summed E-state index contributed by atoms with van der Waals surface area (Å²) >= 11 is 0. The van der Waals surface area contributed by atoms with E-state index in [1.54, 1.807) is 0 Å². The van der Waals surface area contributed by atoms with E-state index in [0.29, 0.717) is 0 Å². The Balaban J connectivity index is -0.0000000133. The Morgan fingerprint density at radius 3 is 0.800 bits per heavy atom. The van der Waals surface area contributed by atoms with Crippen LogP contribution < -0.4 is 0 Å². The maximum atomic E-state index is 5.25. The van der Waals surface area contributed by atoms with Crippen molar-refractivity contribution in [3.63, 3.8) is 0 Å². The van der Waals surface area contributed by atoms with E-state index in [1.807, 2.05) is 0 Å². The maximum absolute atomic E-state index is 5.25. The standard InChI is InChI=1S/2C2H.Zn/c2*1-2;/h2*1H;/q2*-1;+2. The van der Waals surface area contributed by atoms with Crippen molar-refractivity contribution in [3.05, 3.63) is 12.8 Å². The van der Waals surface area contributed by atoms with Gasteiger partial charge in [-0.2, -0.15) is 0 Å². The van der Waals surface area contributed by atoms with E-state index in [2.05, 4.69) is 12.8 Å². The van der Waals surface area contributed by atoms with Gasteiger partial charge in [0.1, 0.15) is 0 Å². The number of terminal acetylenes is 2. The fourth-order valence-corrected chi connectivity index (χ4v) is 0. The smallest absolute Gasteiger partial charge is 0.697 e. The first-order valence-corrected chi connectivity index (χ1v) is 0.577. The molecular weight excluding hydrogens is 113 g/mol. The van der Waals surface area contributed by atoms with Gasteiger partial charge in [-0.25, -0.2) is 0 Å². The molecule has 0 amide bonds. The Kier molecular flexibility index (Phi) is 1870. The van der Waals surface area contributed by atoms with Gasteiger partial charge in [0.25, 0.3) is 0 Å². The summed E-state index contributed by atoms with van der Waals surface area (Å²) in [6.45, 7) is 0. The second kappa shape index (κ2) is 428. The van der Waals surface area contributed by atoms with Crippen LogP contribution in [0, 0.1) is 25.7 Å². The molecule has 0 fully saturated rings. The van der Waals surface area contributed by atoms with E-state index < -0.39 is 0 Å². The second-order valence-electron chi connectivity index (χ2n) is 0. The zero-order valence-electron chi connectivity index (χ0n) is 2.86. The zero-order valence-corrected chi connectivity index (χ0v) is 5.83. The van der Waals surface area contributed by atoms with Crippen LogP contribution >= 0.6 is 0 Å². The molecule has 0 aliphatic carbocycles. The van der Waals surface area contributed by atoms with Gasteiger partial charge < -0.3 is 25.7 Å². The third-order valence-electron chi connectivity index (χ3n) is 0. The zero-order chi connectivity index (χ0) is 4.00. The van der Waals surface area contributed by atoms with E-state index in [-0.39, 0.29) is 19.5 Å². The molecule has 0 saturated heterocycles. The minimum Gasteiger partial charge on any atom is -0.697 e. The molecule has 0 aromatic heterocycles. The van der Waals surface area contributed by atoms with E-state index in [9.17, 15) is 0 Å². The molecule has 0 aliphatic rings. The van der Waals surface area contributed by atoms with Crippen LogP contribution in [-0.2, 0) is 19.5 Å². The predicted molar refractivity (Wildman–Crippen MR) is 16.4 cm³/mol. The SMILES string of the molecule is [C-]#C.[C-]#C.[Zn+2]. The molecule has 0 spiro atoms. The van der Waals surface area contributed by atoms with Crippen LogP contribution in [0.2, 0.25) is 0 Å². The molecular formula is C4H2Zn. The van der Waals surface area contributed by atoms with E-state index in [4.69, 9.17) is 12.8 Å². The third kappa shape index (κ3) is 173. The largest absolute Gasteiger partial charge is 2.00 e. The van der Waals surface area contributed by atoms with E-state index >= 15 is 0 Å². The van der Waals surface area contributed by atoms with Gasteiger partial charge in [0.15, 0.2) is 0 Å². The summed E-state index contributed by atoms with van der Waals surface area (Å²) in [5.41, 5.74) is 0. The van der Waals surface area contributed by atoms with E-state index in [1.165, 1.54) is 0 Å². The average molecular weight is 115 g/mol. The molecule has 0 unspecified atom stereocenters. The Hall–Kier alpha value is -0.257. The van der Waals surface area contributed by atoms with Gasteiger partial charge in [0.2, 0.25) is 0 Å². The Morgan fingerprint density at radius 1 is 0.800 bits per heavy atom. The van der Waals surface area contributed by atoms with Crippen molar-refractivity contribution in [2.75, 3.05) is 0 Å². The Bertz CT molecular complexity index is 19.1. The van der Waals surface area contributed by atoms with Crippen LogP contribution in [0.4, 0.5) is 0 Å². The van der Waals surface area contributed by atoms with Gasteiger partial charge in [-0.05, 0) is 0 Å². The third-order valence-corrected chi connectivity index (χ3v) is 0. The van der Waals surface area contributed by atoms with Crippen LogP contribution in [0.25, 0.3) is 0 Å². The molecule has 5 heavy (non-hydrogen) atoms. The summed E-state index contributed by atoms with van der Waals surface area (Å²) in [5.74, 6) is 0. The van der Waals surface area contributed by atoms with Crippen molar-refractivity contribution in [1.29, 1.82) is 0 Å². The van der Waals surface area contributed by atoms with Crippen LogP contribution in [-0.4, -0.2) is 0 Å². The molecule has 0 nitrogen and oxygen atoms in total. The molecule has 0 N–H and O–H groups in total. The average Bonchev–Trinajstić information content (AvgIpc) is 1.50. The molecule has 0 heterocycles. The summed E-state index contributed by atoms with van der Waals surface area (Å²) in [6, 6.07) is 0. The monoisotopic (exact) mass is 114 g/mol. The first-order chi connectivity index (χ1) is 2.00. The summed E-state index contributed by atoms with van der Waals surface area (Å²) in [7, 11) is 0. The normalized spacial score (nSPS) is 0.800. The fourth-order valence-electron chi connectivity index (χ4n) is 0. The van der Waals surface area contributed by atoms with Gasteiger partial charge in [-0.15, -0.1) is 0 Å². The number of hydrogen-bond donors (Lipinski definition) is 0. The topological polar surface area (TPSA) is 0 Å². The van der Waals surface area contributed by atoms with Gasteiger partial charge in [-0.1, -0.05) is 0 Å². The molecule has 0 aromatic rings. The Labute approximate surface area is 45.7 Å². The summed E-state index contributed by atoms with van der Waals surface area (Å²) in [4.78, 5) is 0. The molecule has 0 aliphatic heterocycles. The molecule has 1 heteroatoms. The maximum Gasteiger partial charge on any atom is 2.00 e. The van der Waals surface area contributed by atoms with Crippen LogP contribution in [0.5, 0.6) is 0 Å². The van der Waals surface area contributed by atoms with Crippen molar-refractivity contribution in [2.24, 2.45) is 0 Å². The van der Waals surface area contributed by atoms with Gasteiger partial charge >= 0.3 is 19.5 Å². The molecule has 0 aromatic carbocycles. The fraction of sp³-hybridized carbons (Fsp3) is 0. The van der Waals surface area contributed by atoms with Crippen molar-refractivity contribution in [2.45, 2.75) is 0 Å². The summed E-state index contributed by atoms with van der Waals surface area (Å²) in [5, 5.41) is 0. The first kappa shape index (κ1) is 21.9. The number of hydrogen-bond acceptors (Lipinski definition) is 0. The van der Waals surface area contributed by atoms with E-state index in [0.717, 1.165) is 0 Å². The minimum atomic E-state index is 0. The molecule has 0 rings (SSSR count). The first-order valence-electron chi connectivity index (χ1n) is 0.577. The summed E-state index contributed by atoms with van der Waals surface area (Å²) < 4.78 is 0. The quantitative estimate of drug-likeness (QED) is 0.244. The molecule has 0 saturated carbocycles. The minimum absolute atomic E-state index is 0. The molecule has 0 bridgehead atoms. The van der Waals surface area contributed by atoms with Crippen molar-refractivity contribution < 1.29 is 19.5 Å². The van der Waals surface area contributed by atoms with Crippen molar-refractivity contribution in [3.8, 4) is 12.8 Å². The number of rotatable bonds is 0. The predicted octanol–water partition coefficient (Wildman–Crippen LogP) is 0.409. The van der Waals surface area contributed by atoms with Crippen LogP contribution in [0.3, 0.4) is 0 Å². The summed E-state index contributed by atoms with van der Waals surface area (Å²) in [6.07, 6.45) is 18.0. The van der Waals surface area contributed by atoms with Gasteiger partial charge in [0.05, 0.1) is 0 Å². The molecule has 20 valence electrons. The van der Waals surface area contributed by atoms with Crippen molar-refractivity contribution >= 4 is 0 Å². The molecule has 0 radical (unpaired) electrons. The van der Waals surface area contributed by atoms with Crippen LogP contribution in [0.1, 0.15) is 0 Å². The van der Waals surface area contributed by atoms with Crippen molar-refractivity contribution in [1.82, 2.24) is 0 Å². The second-order valence-corrected chi connectivity index (χ2v) is 0.